The fraction of sp³-hybridized carbons (Fsp3) is 0.531. The van der Waals surface area contributed by atoms with Gasteiger partial charge in [-0.25, -0.2) is 0 Å². The molecule has 0 bridgehead atoms. The zero-order chi connectivity index (χ0) is 30.3. The minimum Gasteiger partial charge on any atom is -0.497 e. The van der Waals surface area contributed by atoms with Gasteiger partial charge in [-0.3, -0.25) is 19.3 Å². The molecule has 2 aromatic carbocycles. The van der Waals surface area contributed by atoms with E-state index in [2.05, 4.69) is 4.74 Å². The lowest BCUT2D eigenvalue weighted by Crippen LogP contribution is -2.67. The van der Waals surface area contributed by atoms with E-state index in [4.69, 9.17) is 23.7 Å². The Labute approximate surface area is 250 Å². The van der Waals surface area contributed by atoms with E-state index < -0.39 is 48.7 Å². The number of carbonyl (C=O) groups excluding carboxylic acids is 3. The van der Waals surface area contributed by atoms with E-state index in [1.807, 2.05) is 12.1 Å². The molecule has 6 atom stereocenters. The molecule has 0 aliphatic carbocycles. The highest BCUT2D eigenvalue weighted by Gasteiger charge is 2.55. The van der Waals surface area contributed by atoms with Gasteiger partial charge in [-0.05, 0) is 37.1 Å². The summed E-state index contributed by atoms with van der Waals surface area (Å²) in [5.74, 6) is -0.525. The highest BCUT2D eigenvalue weighted by Crippen LogP contribution is 2.38. The van der Waals surface area contributed by atoms with E-state index in [-0.39, 0.29) is 23.7 Å². The molecule has 0 radical (unpaired) electrons. The van der Waals surface area contributed by atoms with Crippen molar-refractivity contribution < 1.29 is 47.9 Å². The molecule has 3 aliphatic heterocycles. The Hall–Kier alpha value is -3.35. The van der Waals surface area contributed by atoms with Gasteiger partial charge >= 0.3 is 5.97 Å². The van der Waals surface area contributed by atoms with Crippen LogP contribution in [0.5, 0.6) is 5.75 Å². The summed E-state index contributed by atoms with van der Waals surface area (Å²) in [6.45, 7) is 0.436. The van der Waals surface area contributed by atoms with Gasteiger partial charge in [0.25, 0.3) is 11.8 Å². The number of imide groups is 1. The monoisotopic (exact) mass is 597 g/mol. The van der Waals surface area contributed by atoms with Crippen LogP contribution >= 0.6 is 0 Å². The molecule has 11 heteroatoms. The number of fused-ring (bicyclic) bond motifs is 2. The first-order valence-corrected chi connectivity index (χ1v) is 14.8. The first kappa shape index (κ1) is 31.1. The second-order valence-corrected chi connectivity index (χ2v) is 10.9. The van der Waals surface area contributed by atoms with Gasteiger partial charge in [0, 0.05) is 18.6 Å². The maximum Gasteiger partial charge on any atom is 0.305 e. The van der Waals surface area contributed by atoms with Crippen LogP contribution in [0.25, 0.3) is 0 Å². The van der Waals surface area contributed by atoms with Crippen LogP contribution in [0.1, 0.15) is 77.5 Å². The summed E-state index contributed by atoms with van der Waals surface area (Å²) in [5.41, 5.74) is 1.28. The van der Waals surface area contributed by atoms with Crippen molar-refractivity contribution in [3.05, 3.63) is 65.2 Å². The van der Waals surface area contributed by atoms with E-state index >= 15 is 0 Å². The van der Waals surface area contributed by atoms with E-state index in [1.165, 1.54) is 7.11 Å². The third-order valence-electron chi connectivity index (χ3n) is 8.13. The third kappa shape index (κ3) is 6.91. The van der Waals surface area contributed by atoms with Gasteiger partial charge in [0.05, 0.1) is 32.0 Å². The van der Waals surface area contributed by atoms with E-state index in [1.54, 1.807) is 43.5 Å². The van der Waals surface area contributed by atoms with Crippen LogP contribution < -0.4 is 4.74 Å². The number of unbranched alkanes of at least 4 members (excludes halogenated alkanes) is 5. The molecular weight excluding hydrogens is 558 g/mol. The van der Waals surface area contributed by atoms with E-state index in [9.17, 15) is 19.5 Å². The van der Waals surface area contributed by atoms with Gasteiger partial charge < -0.3 is 33.5 Å². The topological polar surface area (TPSA) is 130 Å². The molecule has 0 saturated carbocycles. The number of hydrogen-bond donors (Lipinski definition) is 1. The van der Waals surface area contributed by atoms with Crippen LogP contribution in [0.15, 0.2) is 48.5 Å². The van der Waals surface area contributed by atoms with Crippen LogP contribution in [0.2, 0.25) is 0 Å². The fourth-order valence-electron chi connectivity index (χ4n) is 5.78. The molecule has 0 unspecified atom stereocenters. The van der Waals surface area contributed by atoms with Gasteiger partial charge in [0.2, 0.25) is 0 Å². The second-order valence-electron chi connectivity index (χ2n) is 10.9. The summed E-state index contributed by atoms with van der Waals surface area (Å²) in [6, 6.07) is 12.7. The molecule has 3 aliphatic rings. The summed E-state index contributed by atoms with van der Waals surface area (Å²) >= 11 is 0. The Morgan fingerprint density at radius 2 is 1.56 bits per heavy atom. The summed E-state index contributed by atoms with van der Waals surface area (Å²) in [5, 5.41) is 11.7. The Kier molecular flexibility index (Phi) is 10.4. The van der Waals surface area contributed by atoms with Crippen molar-refractivity contribution in [2.24, 2.45) is 0 Å². The molecule has 1 N–H and O–H groups in total. The van der Waals surface area contributed by atoms with Gasteiger partial charge in [-0.15, -0.1) is 0 Å². The van der Waals surface area contributed by atoms with Crippen molar-refractivity contribution in [1.29, 1.82) is 0 Å². The molecule has 43 heavy (non-hydrogen) atoms. The van der Waals surface area contributed by atoms with Crippen molar-refractivity contribution in [3.63, 3.8) is 0 Å². The smallest absolute Gasteiger partial charge is 0.305 e. The lowest BCUT2D eigenvalue weighted by atomic mass is 9.94. The van der Waals surface area contributed by atoms with Gasteiger partial charge in [-0.2, -0.15) is 0 Å². The number of aliphatic hydroxyl groups excluding tert-OH is 1. The van der Waals surface area contributed by atoms with Crippen LogP contribution in [-0.2, 0) is 28.5 Å². The van der Waals surface area contributed by atoms with Gasteiger partial charge in [0.1, 0.15) is 30.1 Å². The minimum atomic E-state index is -1.29. The van der Waals surface area contributed by atoms with Crippen LogP contribution in [-0.4, -0.2) is 85.9 Å². The van der Waals surface area contributed by atoms with Crippen LogP contribution in [0.3, 0.4) is 0 Å². The Bertz CT molecular complexity index is 1230. The molecule has 11 nitrogen and oxygen atoms in total. The highest BCUT2D eigenvalue weighted by atomic mass is 16.7. The minimum absolute atomic E-state index is 0.124. The third-order valence-corrected chi connectivity index (χ3v) is 8.13. The van der Waals surface area contributed by atoms with Crippen molar-refractivity contribution in [2.75, 3.05) is 27.4 Å². The standard InChI is InChI=1S/C32H39NO10/c1-38-21-16-14-20(15-17-21)31-41-19-24-28(43-31)27(35)26(33-29(36)22-11-8-9-12-23(22)30(33)37)32(42-24)40-18-10-6-4-3-5-7-13-25(34)39-2/h8-9,11-12,14-17,24,26-28,31-32,35H,3-7,10,13,18-19H2,1-2H3/t24-,26-,27-,28-,31-,32-/m1/s1. The average Bonchev–Trinajstić information content (AvgIpc) is 3.29. The first-order chi connectivity index (χ1) is 20.9. The van der Waals surface area contributed by atoms with Crippen molar-refractivity contribution in [2.45, 2.75) is 81.9 Å². The maximum atomic E-state index is 13.4. The number of nitrogens with zero attached hydrogens (tertiary/aromatic N) is 1. The van der Waals surface area contributed by atoms with Gasteiger partial charge in [-0.1, -0.05) is 49.9 Å². The molecule has 232 valence electrons. The molecule has 2 saturated heterocycles. The van der Waals surface area contributed by atoms with Crippen molar-refractivity contribution >= 4 is 17.8 Å². The van der Waals surface area contributed by atoms with Gasteiger partial charge in [0.15, 0.2) is 12.6 Å². The molecule has 2 aromatic rings. The molecule has 0 spiro atoms. The van der Waals surface area contributed by atoms with E-state index in [0.29, 0.717) is 18.8 Å². The molecule has 2 fully saturated rings. The van der Waals surface area contributed by atoms with Crippen molar-refractivity contribution in [3.8, 4) is 5.75 Å². The predicted octanol–water partition coefficient (Wildman–Crippen LogP) is 3.78. The number of rotatable bonds is 13. The summed E-state index contributed by atoms with van der Waals surface area (Å²) in [6.07, 6.45) is 1.07. The number of amides is 2. The molecule has 5 rings (SSSR count). The van der Waals surface area contributed by atoms with Crippen LogP contribution in [0.4, 0.5) is 0 Å². The maximum absolute atomic E-state index is 13.4. The lowest BCUT2D eigenvalue weighted by molar-refractivity contribution is -0.349. The number of aliphatic hydroxyl groups is 1. The summed E-state index contributed by atoms with van der Waals surface area (Å²) < 4.78 is 34.4. The predicted molar refractivity (Wildman–Crippen MR) is 152 cm³/mol. The Balaban J connectivity index is 1.24. The quantitative estimate of drug-likeness (QED) is 0.207. The molecule has 3 heterocycles. The zero-order valence-corrected chi connectivity index (χ0v) is 24.5. The zero-order valence-electron chi connectivity index (χ0n) is 24.5. The largest absolute Gasteiger partial charge is 0.497 e. The van der Waals surface area contributed by atoms with Crippen molar-refractivity contribution in [1.82, 2.24) is 4.90 Å². The van der Waals surface area contributed by atoms with Crippen LogP contribution in [0, 0.1) is 0 Å². The molecule has 0 aromatic heterocycles. The number of ether oxygens (including phenoxy) is 6. The summed E-state index contributed by atoms with van der Waals surface area (Å²) in [7, 11) is 2.97. The highest BCUT2D eigenvalue weighted by molar-refractivity contribution is 6.21. The SMILES string of the molecule is COC(=O)CCCCCCCCO[C@@H]1O[C@@H]2CO[C@@H](c3ccc(OC)cc3)O[C@H]2[C@H](O)[C@H]1N1C(=O)c2ccccc2C1=O. The fourth-order valence-corrected chi connectivity index (χ4v) is 5.78. The number of hydrogen-bond acceptors (Lipinski definition) is 10. The Morgan fingerprint density at radius 3 is 2.21 bits per heavy atom. The normalized spacial score (nSPS) is 26.6. The molecule has 2 amide bonds. The summed E-state index contributed by atoms with van der Waals surface area (Å²) in [4.78, 5) is 39.2. The van der Waals surface area contributed by atoms with E-state index in [0.717, 1.165) is 49.0 Å². The number of esters is 1. The average molecular weight is 598 g/mol. The second kappa shape index (κ2) is 14.4. The number of carbonyl (C=O) groups is 3. The number of methoxy groups -OCH3 is 2. The number of benzene rings is 2. The molecular formula is C32H39NO10. The first-order valence-electron chi connectivity index (χ1n) is 14.8. The lowest BCUT2D eigenvalue weighted by Gasteiger charge is -2.49. The Morgan fingerprint density at radius 1 is 0.907 bits per heavy atom.